The fourth-order valence-electron chi connectivity index (χ4n) is 3.27. The third-order valence-corrected chi connectivity index (χ3v) is 4.75. The van der Waals surface area contributed by atoms with Gasteiger partial charge in [-0.1, -0.05) is 48.5 Å². The maximum atomic E-state index is 13.9. The molecule has 1 amide bonds. The number of para-hydroxylation sites is 1. The van der Waals surface area contributed by atoms with Crippen LogP contribution in [0.2, 0.25) is 0 Å². The molecular formula is C24H22FNO4. The first-order valence-corrected chi connectivity index (χ1v) is 9.79. The fraction of sp³-hybridized carbons (Fsp3) is 0.208. The third kappa shape index (κ3) is 4.89. The molecule has 0 spiro atoms. The maximum absolute atomic E-state index is 13.9. The van der Waals surface area contributed by atoms with Gasteiger partial charge in [0.25, 0.3) is 0 Å². The minimum absolute atomic E-state index is 0.109. The van der Waals surface area contributed by atoms with Crippen LogP contribution in [0.15, 0.2) is 72.8 Å². The van der Waals surface area contributed by atoms with E-state index in [1.807, 2.05) is 48.5 Å². The minimum atomic E-state index is -0.438. The highest BCUT2D eigenvalue weighted by Gasteiger charge is 2.18. The lowest BCUT2D eigenvalue weighted by atomic mass is 10.1. The summed E-state index contributed by atoms with van der Waals surface area (Å²) in [7, 11) is 0. The highest BCUT2D eigenvalue weighted by atomic mass is 19.1. The second kappa shape index (κ2) is 9.31. The Bertz CT molecular complexity index is 1010. The van der Waals surface area contributed by atoms with E-state index in [-0.39, 0.29) is 24.7 Å². The van der Waals surface area contributed by atoms with Gasteiger partial charge in [0.2, 0.25) is 5.91 Å². The van der Waals surface area contributed by atoms with Gasteiger partial charge < -0.3 is 19.5 Å². The molecular weight excluding hydrogens is 385 g/mol. The number of hydrogen-bond donors (Lipinski definition) is 1. The van der Waals surface area contributed by atoms with Crippen molar-refractivity contribution >= 4 is 5.91 Å². The van der Waals surface area contributed by atoms with Gasteiger partial charge >= 0.3 is 0 Å². The maximum Gasteiger partial charge on any atom is 0.225 e. The summed E-state index contributed by atoms with van der Waals surface area (Å²) >= 11 is 0. The molecule has 0 fully saturated rings. The SMILES string of the molecule is O=C(Cc1ccc2c(c1)OCCO2)NC(COc1ccccc1F)c1ccccc1. The van der Waals surface area contributed by atoms with Gasteiger partial charge in [-0.2, -0.15) is 0 Å². The van der Waals surface area contributed by atoms with Gasteiger partial charge in [-0.05, 0) is 35.4 Å². The van der Waals surface area contributed by atoms with E-state index in [1.54, 1.807) is 18.2 Å². The molecule has 3 aromatic rings. The van der Waals surface area contributed by atoms with Gasteiger partial charge in [-0.3, -0.25) is 4.79 Å². The highest BCUT2D eigenvalue weighted by Crippen LogP contribution is 2.31. The third-order valence-electron chi connectivity index (χ3n) is 4.75. The molecule has 0 aromatic heterocycles. The summed E-state index contributed by atoms with van der Waals surface area (Å²) in [5.74, 6) is 0.879. The van der Waals surface area contributed by atoms with Crippen LogP contribution in [-0.4, -0.2) is 25.7 Å². The Hall–Kier alpha value is -3.54. The number of rotatable bonds is 7. The Morgan fingerprint density at radius 2 is 1.70 bits per heavy atom. The van der Waals surface area contributed by atoms with Crippen LogP contribution in [0.1, 0.15) is 17.2 Å². The van der Waals surface area contributed by atoms with Crippen LogP contribution in [0, 0.1) is 5.82 Å². The second-order valence-corrected chi connectivity index (χ2v) is 6.93. The van der Waals surface area contributed by atoms with Gasteiger partial charge in [0.15, 0.2) is 23.1 Å². The Morgan fingerprint density at radius 3 is 2.50 bits per heavy atom. The fourth-order valence-corrected chi connectivity index (χ4v) is 3.27. The number of amides is 1. The summed E-state index contributed by atoms with van der Waals surface area (Å²) < 4.78 is 30.6. The zero-order valence-electron chi connectivity index (χ0n) is 16.3. The number of hydrogen-bond acceptors (Lipinski definition) is 4. The van der Waals surface area contributed by atoms with E-state index < -0.39 is 11.9 Å². The van der Waals surface area contributed by atoms with Crippen molar-refractivity contribution in [3.63, 3.8) is 0 Å². The van der Waals surface area contributed by atoms with Crippen molar-refractivity contribution in [1.29, 1.82) is 0 Å². The number of nitrogens with one attached hydrogen (secondary N) is 1. The minimum Gasteiger partial charge on any atom is -0.488 e. The molecule has 5 nitrogen and oxygen atoms in total. The molecule has 4 rings (SSSR count). The Labute approximate surface area is 174 Å². The molecule has 0 saturated carbocycles. The summed E-state index contributed by atoms with van der Waals surface area (Å²) in [6, 6.07) is 20.8. The molecule has 0 bridgehead atoms. The number of halogens is 1. The number of carbonyl (C=O) groups is 1. The molecule has 154 valence electrons. The zero-order chi connectivity index (χ0) is 20.8. The van der Waals surface area contributed by atoms with Crippen molar-refractivity contribution < 1.29 is 23.4 Å². The topological polar surface area (TPSA) is 56.8 Å². The van der Waals surface area contributed by atoms with E-state index >= 15 is 0 Å². The molecule has 1 aliphatic rings. The average molecular weight is 407 g/mol. The first-order chi connectivity index (χ1) is 14.7. The van der Waals surface area contributed by atoms with Crippen LogP contribution in [0.5, 0.6) is 17.2 Å². The predicted molar refractivity (Wildman–Crippen MR) is 110 cm³/mol. The molecule has 0 radical (unpaired) electrons. The smallest absolute Gasteiger partial charge is 0.225 e. The Morgan fingerprint density at radius 1 is 0.967 bits per heavy atom. The number of benzene rings is 3. The number of carbonyl (C=O) groups excluding carboxylic acids is 1. The first kappa shape index (κ1) is 19.8. The first-order valence-electron chi connectivity index (χ1n) is 9.79. The van der Waals surface area contributed by atoms with Crippen LogP contribution in [0.4, 0.5) is 4.39 Å². The molecule has 1 heterocycles. The van der Waals surface area contributed by atoms with Crippen LogP contribution >= 0.6 is 0 Å². The van der Waals surface area contributed by atoms with Gasteiger partial charge in [0.1, 0.15) is 19.8 Å². The van der Waals surface area contributed by atoms with Crippen molar-refractivity contribution in [3.05, 3.63) is 89.7 Å². The molecule has 1 aliphatic heterocycles. The molecule has 3 aromatic carbocycles. The second-order valence-electron chi connectivity index (χ2n) is 6.93. The van der Waals surface area contributed by atoms with Crippen molar-refractivity contribution in [2.45, 2.75) is 12.5 Å². The Balaban J connectivity index is 1.44. The number of fused-ring (bicyclic) bond motifs is 1. The van der Waals surface area contributed by atoms with E-state index in [2.05, 4.69) is 5.32 Å². The van der Waals surface area contributed by atoms with E-state index in [0.717, 1.165) is 11.1 Å². The van der Waals surface area contributed by atoms with Crippen molar-refractivity contribution in [2.75, 3.05) is 19.8 Å². The van der Waals surface area contributed by atoms with E-state index in [0.29, 0.717) is 24.7 Å². The molecule has 0 saturated heterocycles. The van der Waals surface area contributed by atoms with E-state index in [1.165, 1.54) is 6.07 Å². The highest BCUT2D eigenvalue weighted by molar-refractivity contribution is 5.79. The van der Waals surface area contributed by atoms with Gasteiger partial charge in [-0.15, -0.1) is 0 Å². The van der Waals surface area contributed by atoms with Crippen LogP contribution in [0.25, 0.3) is 0 Å². The molecule has 6 heteroatoms. The van der Waals surface area contributed by atoms with Crippen molar-refractivity contribution in [1.82, 2.24) is 5.32 Å². The van der Waals surface area contributed by atoms with E-state index in [9.17, 15) is 9.18 Å². The summed E-state index contributed by atoms with van der Waals surface area (Å²) in [6.07, 6.45) is 0.180. The molecule has 1 atom stereocenters. The van der Waals surface area contributed by atoms with Gasteiger partial charge in [0.05, 0.1) is 12.5 Å². The van der Waals surface area contributed by atoms with E-state index in [4.69, 9.17) is 14.2 Å². The molecule has 0 aliphatic carbocycles. The van der Waals surface area contributed by atoms with Gasteiger partial charge in [-0.25, -0.2) is 4.39 Å². The summed E-state index contributed by atoms with van der Waals surface area (Å²) in [6.45, 7) is 1.12. The van der Waals surface area contributed by atoms with Crippen molar-refractivity contribution in [2.24, 2.45) is 0 Å². The summed E-state index contributed by atoms with van der Waals surface area (Å²) in [4.78, 5) is 12.7. The normalized spacial score (nSPS) is 13.4. The molecule has 1 unspecified atom stereocenters. The van der Waals surface area contributed by atoms with Crippen molar-refractivity contribution in [3.8, 4) is 17.2 Å². The summed E-state index contributed by atoms with van der Waals surface area (Å²) in [5, 5.41) is 2.99. The summed E-state index contributed by atoms with van der Waals surface area (Å²) in [5.41, 5.74) is 1.70. The standard InChI is InChI=1S/C24H22FNO4/c25-19-8-4-5-9-21(19)30-16-20(18-6-2-1-3-7-18)26-24(27)15-17-10-11-22-23(14-17)29-13-12-28-22/h1-11,14,20H,12-13,15-16H2,(H,26,27). The lowest BCUT2D eigenvalue weighted by Gasteiger charge is -2.21. The Kier molecular flexibility index (Phi) is 6.13. The average Bonchev–Trinajstić information content (AvgIpc) is 2.78. The quantitative estimate of drug-likeness (QED) is 0.641. The molecule has 1 N–H and O–H groups in total. The number of ether oxygens (including phenoxy) is 3. The lowest BCUT2D eigenvalue weighted by molar-refractivity contribution is -0.121. The predicted octanol–water partition coefficient (Wildman–Crippen LogP) is 4.08. The lowest BCUT2D eigenvalue weighted by Crippen LogP contribution is -2.33. The largest absolute Gasteiger partial charge is 0.488 e. The molecule has 30 heavy (non-hydrogen) atoms. The van der Waals surface area contributed by atoms with Gasteiger partial charge in [0, 0.05) is 0 Å². The van der Waals surface area contributed by atoms with Crippen LogP contribution in [0.3, 0.4) is 0 Å². The van der Waals surface area contributed by atoms with Crippen LogP contribution < -0.4 is 19.5 Å². The van der Waals surface area contributed by atoms with Crippen LogP contribution in [-0.2, 0) is 11.2 Å². The monoisotopic (exact) mass is 407 g/mol. The zero-order valence-corrected chi connectivity index (χ0v) is 16.3.